The van der Waals surface area contributed by atoms with Crippen molar-refractivity contribution in [1.82, 2.24) is 4.90 Å². The first-order chi connectivity index (χ1) is 20.9. The predicted molar refractivity (Wildman–Crippen MR) is 139 cm³/mol. The van der Waals surface area contributed by atoms with E-state index in [9.17, 15) is 54.2 Å². The van der Waals surface area contributed by atoms with Crippen LogP contribution < -0.4 is 14.8 Å². The summed E-state index contributed by atoms with van der Waals surface area (Å²) in [5.41, 5.74) is 0.712. The summed E-state index contributed by atoms with van der Waals surface area (Å²) in [6.45, 7) is -1.54. The number of hydrogen-bond donors (Lipinski definition) is 2. The Labute approximate surface area is 250 Å². The number of anilines is 1. The summed E-state index contributed by atoms with van der Waals surface area (Å²) in [5, 5.41) is 11.6. The molecule has 0 aromatic heterocycles. The van der Waals surface area contributed by atoms with Gasteiger partial charge in [-0.25, -0.2) is 9.59 Å². The molecule has 2 N–H and O–H groups in total. The summed E-state index contributed by atoms with van der Waals surface area (Å²) in [7, 11) is 1.33. The second-order valence-electron chi connectivity index (χ2n) is 9.14. The van der Waals surface area contributed by atoms with Gasteiger partial charge in [0.2, 0.25) is 0 Å². The molecular formula is C27H29F9N2O7. The lowest BCUT2D eigenvalue weighted by Crippen LogP contribution is -2.62. The van der Waals surface area contributed by atoms with Crippen LogP contribution in [0.2, 0.25) is 0 Å². The van der Waals surface area contributed by atoms with Gasteiger partial charge in [0.1, 0.15) is 18.1 Å². The molecule has 45 heavy (non-hydrogen) atoms. The molecule has 0 heterocycles. The second kappa shape index (κ2) is 15.4. The predicted octanol–water partition coefficient (Wildman–Crippen LogP) is 6.08. The Hall–Kier alpha value is -3.93. The van der Waals surface area contributed by atoms with Crippen LogP contribution in [0.15, 0.2) is 48.5 Å². The quantitative estimate of drug-likeness (QED) is 0.198. The summed E-state index contributed by atoms with van der Waals surface area (Å²) in [4.78, 5) is 24.8. The normalized spacial score (nSPS) is 13.2. The molecule has 252 valence electrons. The van der Waals surface area contributed by atoms with E-state index in [-0.39, 0.29) is 31.1 Å². The molecule has 0 bridgehead atoms. The molecule has 0 aliphatic carbocycles. The van der Waals surface area contributed by atoms with Gasteiger partial charge < -0.3 is 34.3 Å². The van der Waals surface area contributed by atoms with E-state index in [0.717, 1.165) is 0 Å². The van der Waals surface area contributed by atoms with E-state index in [1.54, 1.807) is 6.92 Å². The third-order valence-electron chi connectivity index (χ3n) is 5.99. The molecule has 0 saturated carbocycles. The van der Waals surface area contributed by atoms with E-state index in [4.69, 9.17) is 14.2 Å². The number of alkyl halides is 9. The molecule has 2 rings (SSSR count). The summed E-state index contributed by atoms with van der Waals surface area (Å²) in [6.07, 6.45) is -14.3. The molecule has 0 radical (unpaired) electrons. The van der Waals surface area contributed by atoms with Crippen molar-refractivity contribution < 1.29 is 73.2 Å². The zero-order chi connectivity index (χ0) is 34.1. The number of hydrogen-bond acceptors (Lipinski definition) is 6. The SMILES string of the molecule is CCOC(Cc1ccc(OCCN(CCOC(F)(F)C(F)(F)C(F)(F)C(F)(F)F)C(=O)Nc2cccc(OC)c2)cc1)C(=O)O. The first kappa shape index (κ1) is 37.3. The van der Waals surface area contributed by atoms with Crippen LogP contribution in [-0.2, 0) is 20.7 Å². The van der Waals surface area contributed by atoms with Crippen LogP contribution in [0.3, 0.4) is 0 Å². The van der Waals surface area contributed by atoms with Crippen LogP contribution >= 0.6 is 0 Å². The fourth-order valence-electron chi connectivity index (χ4n) is 3.58. The standard InChI is InChI=1S/C27H29F9N2O7/c1-3-43-21(22(39)40)15-17-7-9-19(10-8-17)44-13-11-38(23(41)37-18-5-4-6-20(16-18)42-2)12-14-45-27(35,36)25(30,31)24(28,29)26(32,33)34/h4-10,16,21H,3,11-15H2,1-2H3,(H,37,41)(H,39,40). The van der Waals surface area contributed by atoms with Crippen LogP contribution in [0.1, 0.15) is 12.5 Å². The summed E-state index contributed by atoms with van der Waals surface area (Å²) >= 11 is 0. The van der Waals surface area contributed by atoms with E-state index in [1.807, 2.05) is 0 Å². The number of nitrogens with one attached hydrogen (secondary N) is 1. The number of urea groups is 1. The Morgan fingerprint density at radius 2 is 1.51 bits per heavy atom. The molecule has 0 spiro atoms. The molecule has 2 aromatic carbocycles. The van der Waals surface area contributed by atoms with Crippen LogP contribution in [0.5, 0.6) is 11.5 Å². The average Bonchev–Trinajstić information content (AvgIpc) is 2.96. The zero-order valence-corrected chi connectivity index (χ0v) is 23.7. The molecule has 2 amide bonds. The molecule has 0 aliphatic rings. The van der Waals surface area contributed by atoms with Crippen molar-refractivity contribution in [2.45, 2.75) is 43.6 Å². The van der Waals surface area contributed by atoms with Crippen molar-refractivity contribution in [3.05, 3.63) is 54.1 Å². The van der Waals surface area contributed by atoms with Crippen molar-refractivity contribution in [2.24, 2.45) is 0 Å². The van der Waals surface area contributed by atoms with Gasteiger partial charge in [0.25, 0.3) is 0 Å². The highest BCUT2D eigenvalue weighted by molar-refractivity contribution is 5.89. The maximum Gasteiger partial charge on any atom is 0.460 e. The van der Waals surface area contributed by atoms with E-state index in [2.05, 4.69) is 10.1 Å². The van der Waals surface area contributed by atoms with Crippen LogP contribution in [0.4, 0.5) is 50.0 Å². The smallest absolute Gasteiger partial charge is 0.460 e. The number of benzene rings is 2. The van der Waals surface area contributed by atoms with Crippen molar-refractivity contribution in [1.29, 1.82) is 0 Å². The summed E-state index contributed by atoms with van der Waals surface area (Å²) < 4.78 is 137. The van der Waals surface area contributed by atoms with Gasteiger partial charge in [-0.05, 0) is 36.8 Å². The highest BCUT2D eigenvalue weighted by atomic mass is 19.4. The molecule has 0 aliphatic heterocycles. The number of carboxylic acids is 1. The fraction of sp³-hybridized carbons (Fsp3) is 0.481. The second-order valence-corrected chi connectivity index (χ2v) is 9.14. The number of nitrogens with zero attached hydrogens (tertiary/aromatic N) is 1. The first-order valence-electron chi connectivity index (χ1n) is 13.0. The number of ether oxygens (including phenoxy) is 4. The van der Waals surface area contributed by atoms with E-state index < -0.39 is 61.9 Å². The van der Waals surface area contributed by atoms with Gasteiger partial charge >= 0.3 is 36.1 Å². The third kappa shape index (κ3) is 9.78. The van der Waals surface area contributed by atoms with Gasteiger partial charge in [-0.2, -0.15) is 39.5 Å². The number of aliphatic carboxylic acids is 1. The van der Waals surface area contributed by atoms with Crippen LogP contribution in [0, 0.1) is 0 Å². The van der Waals surface area contributed by atoms with E-state index in [0.29, 0.717) is 16.2 Å². The Morgan fingerprint density at radius 1 is 0.889 bits per heavy atom. The number of methoxy groups -OCH3 is 1. The highest BCUT2D eigenvalue weighted by Crippen LogP contribution is 2.53. The monoisotopic (exact) mass is 664 g/mol. The average molecular weight is 665 g/mol. The van der Waals surface area contributed by atoms with Gasteiger partial charge in [0.05, 0.1) is 20.3 Å². The number of carbonyl (C=O) groups is 2. The highest BCUT2D eigenvalue weighted by Gasteiger charge is 2.82. The number of carboxylic acid groups (broad SMARTS) is 1. The molecule has 18 heteroatoms. The molecule has 1 unspecified atom stereocenters. The fourth-order valence-corrected chi connectivity index (χ4v) is 3.58. The Kier molecular flexibility index (Phi) is 12.7. The number of halogens is 9. The number of rotatable bonds is 17. The number of carbonyl (C=O) groups excluding carboxylic acids is 1. The zero-order valence-electron chi connectivity index (χ0n) is 23.7. The van der Waals surface area contributed by atoms with Crippen molar-refractivity contribution in [3.8, 4) is 11.5 Å². The van der Waals surface area contributed by atoms with Gasteiger partial charge in [-0.15, -0.1) is 0 Å². The lowest BCUT2D eigenvalue weighted by Gasteiger charge is -2.33. The molecule has 9 nitrogen and oxygen atoms in total. The summed E-state index contributed by atoms with van der Waals surface area (Å²) in [5.74, 6) is -14.8. The topological polar surface area (TPSA) is 107 Å². The minimum Gasteiger partial charge on any atom is -0.497 e. The van der Waals surface area contributed by atoms with Crippen LogP contribution in [-0.4, -0.2) is 92.3 Å². The molecule has 0 saturated heterocycles. The van der Waals surface area contributed by atoms with Crippen molar-refractivity contribution >= 4 is 17.7 Å². The Morgan fingerprint density at radius 3 is 2.07 bits per heavy atom. The third-order valence-corrected chi connectivity index (χ3v) is 5.99. The molecule has 2 aromatic rings. The minimum atomic E-state index is -7.13. The molecule has 0 fully saturated rings. The largest absolute Gasteiger partial charge is 0.497 e. The molecule has 1 atom stereocenters. The van der Waals surface area contributed by atoms with Crippen molar-refractivity contribution in [2.75, 3.05) is 45.3 Å². The van der Waals surface area contributed by atoms with Gasteiger partial charge in [0.15, 0.2) is 6.10 Å². The minimum absolute atomic E-state index is 0.0419. The lowest BCUT2D eigenvalue weighted by atomic mass is 10.1. The Bertz CT molecular complexity index is 1260. The number of amides is 2. The van der Waals surface area contributed by atoms with Gasteiger partial charge in [0, 0.05) is 31.3 Å². The summed E-state index contributed by atoms with van der Waals surface area (Å²) in [6, 6.07) is 10.7. The maximum atomic E-state index is 13.8. The van der Waals surface area contributed by atoms with Crippen LogP contribution in [0.25, 0.3) is 0 Å². The maximum absolute atomic E-state index is 13.8. The van der Waals surface area contributed by atoms with Gasteiger partial charge in [-0.1, -0.05) is 18.2 Å². The van der Waals surface area contributed by atoms with E-state index >= 15 is 0 Å². The van der Waals surface area contributed by atoms with Gasteiger partial charge in [-0.3, -0.25) is 0 Å². The van der Waals surface area contributed by atoms with E-state index in [1.165, 1.54) is 55.6 Å². The molecular weight excluding hydrogens is 635 g/mol. The van der Waals surface area contributed by atoms with Crippen molar-refractivity contribution in [3.63, 3.8) is 0 Å². The lowest BCUT2D eigenvalue weighted by molar-refractivity contribution is -0.443. The Balaban J connectivity index is 2.12. The first-order valence-corrected chi connectivity index (χ1v) is 13.0.